The number of imide groups is 1. The third-order valence-electron chi connectivity index (χ3n) is 4.41. The first-order valence-electron chi connectivity index (χ1n) is 8.63. The van der Waals surface area contributed by atoms with E-state index in [9.17, 15) is 14.4 Å². The lowest BCUT2D eigenvalue weighted by molar-refractivity contribution is -0.121. The lowest BCUT2D eigenvalue weighted by atomic mass is 10.0. The van der Waals surface area contributed by atoms with Gasteiger partial charge in [0.05, 0.1) is 17.3 Å². The molecule has 0 bridgehead atoms. The van der Waals surface area contributed by atoms with Crippen LogP contribution in [0.15, 0.2) is 41.0 Å². The van der Waals surface area contributed by atoms with E-state index < -0.39 is 0 Å². The number of carbonyl (C=O) groups excluding carboxylic acids is 3. The summed E-state index contributed by atoms with van der Waals surface area (Å²) in [6, 6.07) is 6.77. The molecule has 0 aromatic heterocycles. The van der Waals surface area contributed by atoms with Crippen LogP contribution in [0.4, 0.5) is 0 Å². The summed E-state index contributed by atoms with van der Waals surface area (Å²) in [7, 11) is 0. The van der Waals surface area contributed by atoms with Crippen LogP contribution in [0, 0.1) is 0 Å². The highest BCUT2D eigenvalue weighted by molar-refractivity contribution is 6.21. The quantitative estimate of drug-likeness (QED) is 0.492. The largest absolute Gasteiger partial charge is 0.274 e. The molecule has 25 heavy (non-hydrogen) atoms. The van der Waals surface area contributed by atoms with Crippen molar-refractivity contribution in [3.05, 3.63) is 47.0 Å². The number of amides is 3. The van der Waals surface area contributed by atoms with E-state index in [1.165, 1.54) is 11.3 Å². The van der Waals surface area contributed by atoms with E-state index in [1.807, 2.05) is 0 Å². The molecule has 1 N–H and O–H groups in total. The molecule has 0 unspecified atom stereocenters. The first-order valence-corrected chi connectivity index (χ1v) is 8.63. The first kappa shape index (κ1) is 17.1. The van der Waals surface area contributed by atoms with Gasteiger partial charge >= 0.3 is 0 Å². The summed E-state index contributed by atoms with van der Waals surface area (Å²) in [4.78, 5) is 37.4. The van der Waals surface area contributed by atoms with E-state index >= 15 is 0 Å². The van der Waals surface area contributed by atoms with Gasteiger partial charge < -0.3 is 0 Å². The standard InChI is InChI=1S/C19H21N3O3/c23-17(21-20-13-14-7-2-1-3-8-14)11-6-12-22-18(24)15-9-4-5-10-16(15)19(22)25/h4-5,7,9-10,13H,1-3,6,8,11-12H2,(H,21,23)/b20-13-. The number of nitrogens with one attached hydrogen (secondary N) is 1. The van der Waals surface area contributed by atoms with Gasteiger partial charge in [-0.2, -0.15) is 5.10 Å². The summed E-state index contributed by atoms with van der Waals surface area (Å²) in [6.45, 7) is 0.231. The minimum absolute atomic E-state index is 0.212. The van der Waals surface area contributed by atoms with Gasteiger partial charge in [-0.25, -0.2) is 5.43 Å². The van der Waals surface area contributed by atoms with Crippen LogP contribution in [-0.2, 0) is 4.79 Å². The topological polar surface area (TPSA) is 78.8 Å². The Kier molecular flexibility index (Phi) is 5.38. The van der Waals surface area contributed by atoms with Crippen molar-refractivity contribution in [2.24, 2.45) is 5.10 Å². The van der Waals surface area contributed by atoms with Crippen molar-refractivity contribution in [3.8, 4) is 0 Å². The molecule has 0 atom stereocenters. The van der Waals surface area contributed by atoms with Crippen molar-refractivity contribution in [3.63, 3.8) is 0 Å². The minimum Gasteiger partial charge on any atom is -0.274 e. The number of carbonyl (C=O) groups is 3. The summed E-state index contributed by atoms with van der Waals surface area (Å²) in [6.07, 6.45) is 8.89. The van der Waals surface area contributed by atoms with Crippen LogP contribution in [0.2, 0.25) is 0 Å². The smallest absolute Gasteiger partial charge is 0.261 e. The van der Waals surface area contributed by atoms with Gasteiger partial charge in [0, 0.05) is 13.0 Å². The number of benzene rings is 1. The van der Waals surface area contributed by atoms with Gasteiger partial charge in [0.2, 0.25) is 5.91 Å². The maximum absolute atomic E-state index is 12.2. The third kappa shape index (κ3) is 4.02. The Morgan fingerprint density at radius 2 is 1.88 bits per heavy atom. The van der Waals surface area contributed by atoms with Gasteiger partial charge in [-0.1, -0.05) is 18.2 Å². The molecule has 1 aliphatic carbocycles. The van der Waals surface area contributed by atoms with Crippen LogP contribution < -0.4 is 5.43 Å². The van der Waals surface area contributed by atoms with Crippen LogP contribution in [0.5, 0.6) is 0 Å². The summed E-state index contributed by atoms with van der Waals surface area (Å²) < 4.78 is 0. The highest BCUT2D eigenvalue weighted by Gasteiger charge is 2.34. The molecule has 6 heteroatoms. The maximum atomic E-state index is 12.2. The zero-order chi connectivity index (χ0) is 17.6. The summed E-state index contributed by atoms with van der Waals surface area (Å²) >= 11 is 0. The van der Waals surface area contributed by atoms with Crippen LogP contribution in [0.1, 0.15) is 59.2 Å². The molecule has 0 saturated carbocycles. The lowest BCUT2D eigenvalue weighted by Gasteiger charge is -2.13. The third-order valence-corrected chi connectivity index (χ3v) is 4.41. The van der Waals surface area contributed by atoms with E-state index in [0.717, 1.165) is 24.8 Å². The van der Waals surface area contributed by atoms with Gasteiger partial charge in [-0.15, -0.1) is 0 Å². The fraction of sp³-hybridized carbons (Fsp3) is 0.368. The number of hydrogen-bond donors (Lipinski definition) is 1. The van der Waals surface area contributed by atoms with Crippen molar-refractivity contribution in [1.29, 1.82) is 0 Å². The van der Waals surface area contributed by atoms with Crippen molar-refractivity contribution in [2.75, 3.05) is 6.54 Å². The molecule has 0 saturated heterocycles. The van der Waals surface area contributed by atoms with Crippen molar-refractivity contribution < 1.29 is 14.4 Å². The van der Waals surface area contributed by atoms with Gasteiger partial charge in [0.1, 0.15) is 0 Å². The van der Waals surface area contributed by atoms with E-state index in [2.05, 4.69) is 16.6 Å². The molecule has 3 amide bonds. The van der Waals surface area contributed by atoms with E-state index in [4.69, 9.17) is 0 Å². The van der Waals surface area contributed by atoms with Crippen molar-refractivity contribution in [1.82, 2.24) is 10.3 Å². The number of rotatable bonds is 6. The monoisotopic (exact) mass is 339 g/mol. The van der Waals surface area contributed by atoms with Crippen molar-refractivity contribution >= 4 is 23.9 Å². The van der Waals surface area contributed by atoms with E-state index in [-0.39, 0.29) is 30.7 Å². The van der Waals surface area contributed by atoms with Gasteiger partial charge in [-0.3, -0.25) is 19.3 Å². The second kappa shape index (κ2) is 7.88. The van der Waals surface area contributed by atoms with Crippen LogP contribution in [-0.4, -0.2) is 35.4 Å². The highest BCUT2D eigenvalue weighted by atomic mass is 16.2. The van der Waals surface area contributed by atoms with E-state index in [1.54, 1.807) is 30.5 Å². The molecule has 0 fully saturated rings. The number of allylic oxidation sites excluding steroid dienone is 2. The molecule has 1 aromatic rings. The first-order chi connectivity index (χ1) is 12.2. The molecule has 1 heterocycles. The fourth-order valence-electron chi connectivity index (χ4n) is 3.06. The second-order valence-corrected chi connectivity index (χ2v) is 6.23. The number of hydrazone groups is 1. The summed E-state index contributed by atoms with van der Waals surface area (Å²) in [5.74, 6) is -0.796. The molecule has 130 valence electrons. The zero-order valence-corrected chi connectivity index (χ0v) is 14.0. The van der Waals surface area contributed by atoms with Crippen LogP contribution >= 0.6 is 0 Å². The molecule has 6 nitrogen and oxygen atoms in total. The summed E-state index contributed by atoms with van der Waals surface area (Å²) in [5, 5.41) is 3.97. The minimum atomic E-state index is -0.289. The predicted octanol–water partition coefficient (Wildman–Crippen LogP) is 2.67. The SMILES string of the molecule is O=C(CCCN1C(=O)c2ccccc2C1=O)N/N=C\C1=CCCCC1. The van der Waals surface area contributed by atoms with Crippen LogP contribution in [0.3, 0.4) is 0 Å². The highest BCUT2D eigenvalue weighted by Crippen LogP contribution is 2.22. The Bertz CT molecular complexity index is 717. The average Bonchev–Trinajstić information content (AvgIpc) is 2.88. The molecular weight excluding hydrogens is 318 g/mol. The Balaban J connectivity index is 1.43. The lowest BCUT2D eigenvalue weighted by Crippen LogP contribution is -2.31. The normalized spacial score (nSPS) is 17.0. The van der Waals surface area contributed by atoms with Crippen molar-refractivity contribution in [2.45, 2.75) is 38.5 Å². The van der Waals surface area contributed by atoms with Gasteiger partial charge in [0.15, 0.2) is 0 Å². The molecule has 2 aliphatic rings. The molecule has 3 rings (SSSR count). The number of fused-ring (bicyclic) bond motifs is 1. The van der Waals surface area contributed by atoms with E-state index in [0.29, 0.717) is 17.5 Å². The Morgan fingerprint density at radius 1 is 1.16 bits per heavy atom. The zero-order valence-electron chi connectivity index (χ0n) is 14.0. The Hall–Kier alpha value is -2.76. The Morgan fingerprint density at radius 3 is 2.52 bits per heavy atom. The fourth-order valence-corrected chi connectivity index (χ4v) is 3.06. The predicted molar refractivity (Wildman–Crippen MR) is 94.2 cm³/mol. The molecular formula is C19H21N3O3. The van der Waals surface area contributed by atoms with Crippen LogP contribution in [0.25, 0.3) is 0 Å². The molecule has 0 spiro atoms. The summed E-state index contributed by atoms with van der Waals surface area (Å²) in [5.41, 5.74) is 4.51. The average molecular weight is 339 g/mol. The second-order valence-electron chi connectivity index (χ2n) is 6.23. The molecule has 1 aromatic carbocycles. The maximum Gasteiger partial charge on any atom is 0.261 e. The number of hydrogen-bond acceptors (Lipinski definition) is 4. The van der Waals surface area contributed by atoms with Gasteiger partial charge in [-0.05, 0) is 49.8 Å². The van der Waals surface area contributed by atoms with Gasteiger partial charge in [0.25, 0.3) is 11.8 Å². The molecule has 1 aliphatic heterocycles. The Labute approximate surface area is 146 Å². The number of nitrogens with zero attached hydrogens (tertiary/aromatic N) is 2. The molecule has 0 radical (unpaired) electrons.